The van der Waals surface area contributed by atoms with Crippen molar-refractivity contribution in [1.29, 1.82) is 0 Å². The first kappa shape index (κ1) is 14.1. The third-order valence-electron chi connectivity index (χ3n) is 4.19. The molecule has 2 bridgehead atoms. The fourth-order valence-electron chi connectivity index (χ4n) is 3.22. The maximum Gasteiger partial charge on any atom is 0.307 e. The second-order valence-corrected chi connectivity index (χ2v) is 5.53. The maximum atomic E-state index is 12.3. The van der Waals surface area contributed by atoms with Crippen LogP contribution in [-0.4, -0.2) is 36.7 Å². The van der Waals surface area contributed by atoms with Crippen LogP contribution in [0.15, 0.2) is 12.2 Å². The van der Waals surface area contributed by atoms with Crippen LogP contribution in [0.4, 0.5) is 0 Å². The highest BCUT2D eigenvalue weighted by Gasteiger charge is 2.51. The molecule has 1 saturated carbocycles. The second-order valence-electron chi connectivity index (χ2n) is 5.53. The van der Waals surface area contributed by atoms with Crippen molar-refractivity contribution in [3.63, 3.8) is 0 Å². The zero-order valence-corrected chi connectivity index (χ0v) is 11.3. The van der Waals surface area contributed by atoms with Gasteiger partial charge in [-0.15, -0.1) is 0 Å². The van der Waals surface area contributed by atoms with Crippen LogP contribution in [0.25, 0.3) is 0 Å². The Hall–Kier alpha value is -1.36. The number of hydrogen-bond acceptors (Lipinski definition) is 3. The summed E-state index contributed by atoms with van der Waals surface area (Å²) in [6, 6.07) is 0.00463. The van der Waals surface area contributed by atoms with Gasteiger partial charge in [0.1, 0.15) is 0 Å². The molecule has 0 aromatic heterocycles. The minimum atomic E-state index is -0.860. The molecule has 0 aliphatic heterocycles. The Kier molecular flexibility index (Phi) is 4.24. The third-order valence-corrected chi connectivity index (χ3v) is 4.19. The van der Waals surface area contributed by atoms with Crippen molar-refractivity contribution in [2.24, 2.45) is 23.7 Å². The molecule has 5 nitrogen and oxygen atoms in total. The van der Waals surface area contributed by atoms with Crippen LogP contribution in [0, 0.1) is 23.7 Å². The van der Waals surface area contributed by atoms with Gasteiger partial charge < -0.3 is 15.2 Å². The Morgan fingerprint density at radius 3 is 2.58 bits per heavy atom. The summed E-state index contributed by atoms with van der Waals surface area (Å²) in [6.07, 6.45) is 5.47. The molecule has 5 heteroatoms. The molecule has 106 valence electrons. The summed E-state index contributed by atoms with van der Waals surface area (Å²) in [4.78, 5) is 23.6. The number of carbonyl (C=O) groups excluding carboxylic acids is 1. The van der Waals surface area contributed by atoms with E-state index >= 15 is 0 Å². The zero-order chi connectivity index (χ0) is 14.0. The molecule has 1 amide bonds. The highest BCUT2D eigenvalue weighted by molar-refractivity contribution is 5.87. The van der Waals surface area contributed by atoms with Crippen molar-refractivity contribution in [3.05, 3.63) is 12.2 Å². The van der Waals surface area contributed by atoms with Gasteiger partial charge in [-0.05, 0) is 31.6 Å². The summed E-state index contributed by atoms with van der Waals surface area (Å²) in [5.74, 6) is -1.87. The van der Waals surface area contributed by atoms with Crippen LogP contribution in [0.5, 0.6) is 0 Å². The molecular formula is C14H21NO4. The first-order chi connectivity index (χ1) is 9.04. The van der Waals surface area contributed by atoms with Crippen LogP contribution in [-0.2, 0) is 14.3 Å². The fourth-order valence-corrected chi connectivity index (χ4v) is 3.22. The molecule has 2 aliphatic rings. The van der Waals surface area contributed by atoms with Gasteiger partial charge in [0.25, 0.3) is 0 Å². The molecule has 3 unspecified atom stereocenters. The number of nitrogens with one attached hydrogen (secondary N) is 1. The number of carbonyl (C=O) groups is 2. The number of carboxylic acid groups (broad SMARTS) is 1. The van der Waals surface area contributed by atoms with E-state index in [-0.39, 0.29) is 23.8 Å². The first-order valence-corrected chi connectivity index (χ1v) is 6.75. The predicted molar refractivity (Wildman–Crippen MR) is 69.5 cm³/mol. The van der Waals surface area contributed by atoms with Gasteiger partial charge >= 0.3 is 5.97 Å². The summed E-state index contributed by atoms with van der Waals surface area (Å²) in [7, 11) is 1.62. The Balaban J connectivity index is 1.98. The van der Waals surface area contributed by atoms with E-state index in [1.807, 2.05) is 19.1 Å². The second kappa shape index (κ2) is 5.74. The number of carboxylic acids is 1. The molecule has 5 atom stereocenters. The van der Waals surface area contributed by atoms with E-state index in [1.165, 1.54) is 0 Å². The van der Waals surface area contributed by atoms with E-state index in [2.05, 4.69) is 5.32 Å². The van der Waals surface area contributed by atoms with Gasteiger partial charge in [0.2, 0.25) is 5.91 Å². The Morgan fingerprint density at radius 2 is 2.00 bits per heavy atom. The molecule has 2 aliphatic carbocycles. The van der Waals surface area contributed by atoms with Crippen molar-refractivity contribution in [2.45, 2.75) is 25.8 Å². The molecule has 2 rings (SSSR count). The van der Waals surface area contributed by atoms with Gasteiger partial charge in [0.05, 0.1) is 11.8 Å². The molecule has 0 spiro atoms. The molecule has 19 heavy (non-hydrogen) atoms. The fraction of sp³-hybridized carbons (Fsp3) is 0.714. The summed E-state index contributed by atoms with van der Waals surface area (Å²) in [5, 5.41) is 12.2. The summed E-state index contributed by atoms with van der Waals surface area (Å²) < 4.78 is 4.97. The predicted octanol–water partition coefficient (Wildman–Crippen LogP) is 1.05. The third kappa shape index (κ3) is 2.81. The summed E-state index contributed by atoms with van der Waals surface area (Å²) in [5.41, 5.74) is 0. The van der Waals surface area contributed by atoms with Gasteiger partial charge in [0, 0.05) is 19.8 Å². The minimum Gasteiger partial charge on any atom is -0.481 e. The Bertz CT molecular complexity index is 393. The van der Waals surface area contributed by atoms with Gasteiger partial charge in [-0.3, -0.25) is 9.59 Å². The lowest BCUT2D eigenvalue weighted by Gasteiger charge is -2.25. The number of fused-ring (bicyclic) bond motifs is 2. The number of hydrogen-bond donors (Lipinski definition) is 2. The average molecular weight is 267 g/mol. The monoisotopic (exact) mass is 267 g/mol. The van der Waals surface area contributed by atoms with E-state index in [4.69, 9.17) is 4.74 Å². The number of ether oxygens (including phenoxy) is 1. The number of rotatable bonds is 6. The van der Waals surface area contributed by atoms with Crippen LogP contribution >= 0.6 is 0 Å². The molecule has 0 saturated heterocycles. The van der Waals surface area contributed by atoms with Crippen LogP contribution in [0.1, 0.15) is 19.8 Å². The minimum absolute atomic E-state index is 0.00463. The van der Waals surface area contributed by atoms with Crippen molar-refractivity contribution in [3.8, 4) is 0 Å². The number of aliphatic carboxylic acids is 1. The molecule has 0 aromatic carbocycles. The standard InChI is InChI=1S/C14H21NO4/c1-8(5-6-19-2)15-13(16)11-9-3-4-10(7-9)12(11)14(17)18/h3-4,8-12H,5-7H2,1-2H3,(H,15,16)(H,17,18)/t8?,9?,10?,11-,12+/m0/s1. The van der Waals surface area contributed by atoms with Gasteiger partial charge in [0.15, 0.2) is 0 Å². The highest BCUT2D eigenvalue weighted by Crippen LogP contribution is 2.48. The first-order valence-electron chi connectivity index (χ1n) is 6.75. The molecule has 0 aromatic rings. The van der Waals surface area contributed by atoms with E-state index in [0.29, 0.717) is 6.61 Å². The van der Waals surface area contributed by atoms with E-state index in [9.17, 15) is 14.7 Å². The number of allylic oxidation sites excluding steroid dienone is 2. The lowest BCUT2D eigenvalue weighted by atomic mass is 9.82. The van der Waals surface area contributed by atoms with Gasteiger partial charge in [-0.1, -0.05) is 12.2 Å². The van der Waals surface area contributed by atoms with E-state index in [0.717, 1.165) is 12.8 Å². The quantitative estimate of drug-likeness (QED) is 0.705. The SMILES string of the molecule is COCCC(C)NC(=O)[C@H]1C2C=CC(C2)[C@H]1C(=O)O. The van der Waals surface area contributed by atoms with Crippen molar-refractivity contribution >= 4 is 11.9 Å². The van der Waals surface area contributed by atoms with Crippen molar-refractivity contribution < 1.29 is 19.4 Å². The normalized spacial score (nSPS) is 33.4. The van der Waals surface area contributed by atoms with Gasteiger partial charge in [-0.2, -0.15) is 0 Å². The Morgan fingerprint density at radius 1 is 1.37 bits per heavy atom. The largest absolute Gasteiger partial charge is 0.481 e. The van der Waals surface area contributed by atoms with E-state index in [1.54, 1.807) is 7.11 Å². The van der Waals surface area contributed by atoms with Gasteiger partial charge in [-0.25, -0.2) is 0 Å². The van der Waals surface area contributed by atoms with Crippen LogP contribution in [0.2, 0.25) is 0 Å². The topological polar surface area (TPSA) is 75.6 Å². The zero-order valence-electron chi connectivity index (χ0n) is 11.3. The molecular weight excluding hydrogens is 246 g/mol. The van der Waals surface area contributed by atoms with Crippen LogP contribution in [0.3, 0.4) is 0 Å². The average Bonchev–Trinajstić information content (AvgIpc) is 2.95. The van der Waals surface area contributed by atoms with E-state index < -0.39 is 17.8 Å². The number of amides is 1. The molecule has 0 heterocycles. The molecule has 1 fully saturated rings. The van der Waals surface area contributed by atoms with Crippen molar-refractivity contribution in [2.75, 3.05) is 13.7 Å². The number of methoxy groups -OCH3 is 1. The summed E-state index contributed by atoms with van der Waals surface area (Å²) in [6.45, 7) is 2.50. The molecule has 2 N–H and O–H groups in total. The lowest BCUT2D eigenvalue weighted by Crippen LogP contribution is -2.43. The Labute approximate surface area is 113 Å². The highest BCUT2D eigenvalue weighted by atomic mass is 16.5. The summed E-state index contributed by atoms with van der Waals surface area (Å²) >= 11 is 0. The smallest absolute Gasteiger partial charge is 0.307 e. The van der Waals surface area contributed by atoms with Crippen LogP contribution < -0.4 is 5.32 Å². The molecule has 0 radical (unpaired) electrons. The lowest BCUT2D eigenvalue weighted by molar-refractivity contribution is -0.148. The van der Waals surface area contributed by atoms with Crippen molar-refractivity contribution in [1.82, 2.24) is 5.32 Å². The maximum absolute atomic E-state index is 12.3.